The molecule has 2 N–H and O–H groups in total. The number of rotatable bonds is 4. The summed E-state index contributed by atoms with van der Waals surface area (Å²) in [6.07, 6.45) is 6.17. The zero-order valence-corrected chi connectivity index (χ0v) is 11.5. The zero-order valence-electron chi connectivity index (χ0n) is 11.5. The van der Waals surface area contributed by atoms with Crippen molar-refractivity contribution in [2.24, 2.45) is 23.7 Å². The van der Waals surface area contributed by atoms with Crippen molar-refractivity contribution in [3.63, 3.8) is 0 Å². The summed E-state index contributed by atoms with van der Waals surface area (Å²) in [6, 6.07) is 3.37. The van der Waals surface area contributed by atoms with Gasteiger partial charge in [-0.2, -0.15) is 0 Å². The number of hydrogen-bond acceptors (Lipinski definition) is 4. The van der Waals surface area contributed by atoms with Gasteiger partial charge < -0.3 is 15.2 Å². The first kappa shape index (κ1) is 13.6. The van der Waals surface area contributed by atoms with Gasteiger partial charge >= 0.3 is 5.97 Å². The summed E-state index contributed by atoms with van der Waals surface area (Å²) in [5.74, 6) is -2.12. The Balaban J connectivity index is 1.82. The van der Waals surface area contributed by atoms with Crippen molar-refractivity contribution in [1.29, 1.82) is 0 Å². The summed E-state index contributed by atoms with van der Waals surface area (Å²) in [5.41, 5.74) is 0.459. The first-order chi connectivity index (χ1) is 10.1. The van der Waals surface area contributed by atoms with Crippen LogP contribution < -0.4 is 10.1 Å². The van der Waals surface area contributed by atoms with E-state index < -0.39 is 17.8 Å². The molecule has 3 rings (SSSR count). The molecule has 2 aliphatic carbocycles. The summed E-state index contributed by atoms with van der Waals surface area (Å²) >= 11 is 0. The van der Waals surface area contributed by atoms with Gasteiger partial charge in [0.05, 0.1) is 18.9 Å². The molecule has 2 unspecified atom stereocenters. The lowest BCUT2D eigenvalue weighted by Crippen LogP contribution is -2.36. The van der Waals surface area contributed by atoms with E-state index in [1.807, 2.05) is 12.2 Å². The van der Waals surface area contributed by atoms with Crippen molar-refractivity contribution < 1.29 is 19.4 Å². The average Bonchev–Trinajstić information content (AvgIpc) is 3.08. The summed E-state index contributed by atoms with van der Waals surface area (Å²) in [4.78, 5) is 27.9. The van der Waals surface area contributed by atoms with E-state index in [0.717, 1.165) is 6.42 Å². The van der Waals surface area contributed by atoms with Crippen LogP contribution in [0.4, 0.5) is 5.69 Å². The number of carbonyl (C=O) groups is 2. The summed E-state index contributed by atoms with van der Waals surface area (Å²) in [7, 11) is 1.47. The molecule has 0 spiro atoms. The molecule has 0 aliphatic heterocycles. The third-order valence-corrected chi connectivity index (χ3v) is 4.27. The highest BCUT2D eigenvalue weighted by Gasteiger charge is 2.51. The number of carboxylic acid groups (broad SMARTS) is 1. The largest absolute Gasteiger partial charge is 0.481 e. The fraction of sp³-hybridized carbons (Fsp3) is 0.400. The van der Waals surface area contributed by atoms with E-state index in [4.69, 9.17) is 4.74 Å². The minimum Gasteiger partial charge on any atom is -0.481 e. The van der Waals surface area contributed by atoms with Crippen LogP contribution in [0.3, 0.4) is 0 Å². The number of anilines is 1. The van der Waals surface area contributed by atoms with Crippen LogP contribution in [0, 0.1) is 23.7 Å². The summed E-state index contributed by atoms with van der Waals surface area (Å²) in [6.45, 7) is 0. The number of nitrogens with one attached hydrogen (secondary N) is 1. The predicted molar refractivity (Wildman–Crippen MR) is 74.8 cm³/mol. The molecule has 2 aliphatic rings. The molecule has 1 aromatic heterocycles. The molecule has 1 heterocycles. The number of nitrogens with zero attached hydrogens (tertiary/aromatic N) is 1. The number of aromatic nitrogens is 1. The van der Waals surface area contributed by atoms with Gasteiger partial charge in [0.15, 0.2) is 0 Å². The second kappa shape index (κ2) is 5.20. The van der Waals surface area contributed by atoms with Crippen molar-refractivity contribution in [3.05, 3.63) is 30.5 Å². The number of carboxylic acids is 1. The van der Waals surface area contributed by atoms with E-state index in [1.165, 1.54) is 7.11 Å². The summed E-state index contributed by atoms with van der Waals surface area (Å²) in [5, 5.41) is 12.1. The maximum absolute atomic E-state index is 12.5. The van der Waals surface area contributed by atoms with Crippen LogP contribution >= 0.6 is 0 Å². The number of pyridine rings is 1. The molecular formula is C15H16N2O4. The van der Waals surface area contributed by atoms with Crippen LogP contribution in [0.5, 0.6) is 5.88 Å². The van der Waals surface area contributed by atoms with Crippen molar-refractivity contribution in [2.45, 2.75) is 6.42 Å². The highest BCUT2D eigenvalue weighted by atomic mass is 16.5. The standard InChI is InChI=1S/C15H16N2O4/c1-21-14-10(3-2-6-16-14)17-13(18)11-8-4-5-9(7-8)12(11)15(19)20/h2-6,8-9,11-12H,7H2,1H3,(H,17,18)(H,19,20)/t8?,9?,11-,12+/m0/s1. The number of ether oxygens (including phenoxy) is 1. The van der Waals surface area contributed by atoms with Gasteiger partial charge in [0.2, 0.25) is 11.8 Å². The lowest BCUT2D eigenvalue weighted by Gasteiger charge is -2.24. The van der Waals surface area contributed by atoms with E-state index in [2.05, 4.69) is 10.3 Å². The number of methoxy groups -OCH3 is 1. The Morgan fingerprint density at radius 1 is 1.33 bits per heavy atom. The molecule has 0 aromatic carbocycles. The number of carbonyl (C=O) groups excluding carboxylic acids is 1. The predicted octanol–water partition coefficient (Wildman–Crippen LogP) is 1.55. The molecule has 0 radical (unpaired) electrons. The smallest absolute Gasteiger partial charge is 0.307 e. The number of fused-ring (bicyclic) bond motifs is 2. The number of amides is 1. The molecule has 1 fully saturated rings. The third-order valence-electron chi connectivity index (χ3n) is 4.27. The first-order valence-electron chi connectivity index (χ1n) is 6.83. The molecule has 1 aromatic rings. The third kappa shape index (κ3) is 2.26. The van der Waals surface area contributed by atoms with E-state index in [0.29, 0.717) is 11.6 Å². The van der Waals surface area contributed by atoms with Gasteiger partial charge in [0, 0.05) is 6.20 Å². The Hall–Kier alpha value is -2.37. The number of allylic oxidation sites excluding steroid dienone is 2. The molecule has 1 amide bonds. The van der Waals surface area contributed by atoms with Crippen molar-refractivity contribution in [1.82, 2.24) is 4.98 Å². The van der Waals surface area contributed by atoms with E-state index in [9.17, 15) is 14.7 Å². The van der Waals surface area contributed by atoms with Crippen molar-refractivity contribution in [3.8, 4) is 5.88 Å². The van der Waals surface area contributed by atoms with E-state index >= 15 is 0 Å². The van der Waals surface area contributed by atoms with Gasteiger partial charge in [-0.15, -0.1) is 0 Å². The van der Waals surface area contributed by atoms with Crippen LogP contribution in [-0.2, 0) is 9.59 Å². The van der Waals surface area contributed by atoms with Crippen LogP contribution in [0.25, 0.3) is 0 Å². The second-order valence-corrected chi connectivity index (χ2v) is 5.39. The number of hydrogen-bond donors (Lipinski definition) is 2. The van der Waals surface area contributed by atoms with Gasteiger partial charge in [-0.3, -0.25) is 9.59 Å². The molecule has 110 valence electrons. The maximum Gasteiger partial charge on any atom is 0.307 e. The second-order valence-electron chi connectivity index (χ2n) is 5.39. The SMILES string of the molecule is COc1ncccc1NC(=O)[C@H]1C2C=CC(C2)[C@H]1C(=O)O. The van der Waals surface area contributed by atoms with Gasteiger partial charge in [-0.1, -0.05) is 12.2 Å². The monoisotopic (exact) mass is 288 g/mol. The van der Waals surface area contributed by atoms with Crippen molar-refractivity contribution >= 4 is 17.6 Å². The van der Waals surface area contributed by atoms with Crippen LogP contribution in [0.1, 0.15) is 6.42 Å². The topological polar surface area (TPSA) is 88.5 Å². The lowest BCUT2D eigenvalue weighted by molar-refractivity contribution is -0.146. The fourth-order valence-corrected chi connectivity index (χ4v) is 3.38. The van der Waals surface area contributed by atoms with Crippen LogP contribution in [0.15, 0.2) is 30.5 Å². The Labute approximate surface area is 121 Å². The quantitative estimate of drug-likeness (QED) is 0.821. The highest BCUT2D eigenvalue weighted by Crippen LogP contribution is 2.48. The van der Waals surface area contributed by atoms with Crippen LogP contribution in [0.2, 0.25) is 0 Å². The fourth-order valence-electron chi connectivity index (χ4n) is 3.38. The molecule has 1 saturated carbocycles. The summed E-state index contributed by atoms with van der Waals surface area (Å²) < 4.78 is 5.09. The zero-order chi connectivity index (χ0) is 15.0. The van der Waals surface area contributed by atoms with Gasteiger partial charge in [-0.05, 0) is 30.4 Å². The van der Waals surface area contributed by atoms with Gasteiger partial charge in [0.1, 0.15) is 5.69 Å². The van der Waals surface area contributed by atoms with E-state index in [-0.39, 0.29) is 17.7 Å². The molecule has 6 nitrogen and oxygen atoms in total. The van der Waals surface area contributed by atoms with Crippen molar-refractivity contribution in [2.75, 3.05) is 12.4 Å². The molecular weight excluding hydrogens is 272 g/mol. The lowest BCUT2D eigenvalue weighted by atomic mass is 9.82. The van der Waals surface area contributed by atoms with E-state index in [1.54, 1.807) is 18.3 Å². The Morgan fingerprint density at radius 2 is 2.05 bits per heavy atom. The average molecular weight is 288 g/mol. The number of aliphatic carboxylic acids is 1. The van der Waals surface area contributed by atoms with Gasteiger partial charge in [-0.25, -0.2) is 4.98 Å². The Morgan fingerprint density at radius 3 is 2.71 bits per heavy atom. The minimum atomic E-state index is -0.912. The maximum atomic E-state index is 12.5. The van der Waals surface area contributed by atoms with Gasteiger partial charge in [0.25, 0.3) is 0 Å². The molecule has 21 heavy (non-hydrogen) atoms. The Bertz CT molecular complexity index is 613. The van der Waals surface area contributed by atoms with Crippen LogP contribution in [-0.4, -0.2) is 29.1 Å². The first-order valence-corrected chi connectivity index (χ1v) is 6.83. The molecule has 0 saturated heterocycles. The molecule has 6 heteroatoms. The molecule has 4 atom stereocenters. The Kier molecular flexibility index (Phi) is 3.37. The highest BCUT2D eigenvalue weighted by molar-refractivity contribution is 5.97. The molecule has 2 bridgehead atoms. The minimum absolute atomic E-state index is 0.00114. The normalized spacial score (nSPS) is 29.4.